The lowest BCUT2D eigenvalue weighted by Crippen LogP contribution is -2.17. The maximum absolute atomic E-state index is 12.6. The molecule has 0 fully saturated rings. The van der Waals surface area contributed by atoms with Gasteiger partial charge in [-0.1, -0.05) is 85.6 Å². The molecule has 1 unspecified atom stereocenters. The number of benzene rings is 3. The van der Waals surface area contributed by atoms with Crippen LogP contribution in [0.2, 0.25) is 5.15 Å². The first-order valence-corrected chi connectivity index (χ1v) is 13.5. The van der Waals surface area contributed by atoms with Crippen molar-refractivity contribution in [2.24, 2.45) is 0 Å². The molecule has 1 atom stereocenters. The van der Waals surface area contributed by atoms with Gasteiger partial charge in [0.05, 0.1) is 31.0 Å². The third-order valence-electron chi connectivity index (χ3n) is 6.87. The first-order valence-electron chi connectivity index (χ1n) is 13.1. The molecule has 0 N–H and O–H groups in total. The van der Waals surface area contributed by atoms with Crippen molar-refractivity contribution in [1.29, 1.82) is 0 Å². The summed E-state index contributed by atoms with van der Waals surface area (Å²) in [5.41, 5.74) is 4.96. The van der Waals surface area contributed by atoms with E-state index in [1.807, 2.05) is 54.6 Å². The average molecular weight is 561 g/mol. The summed E-state index contributed by atoms with van der Waals surface area (Å²) in [6.07, 6.45) is 2.06. The average Bonchev–Trinajstić information content (AvgIpc) is 3.30. The third-order valence-corrected chi connectivity index (χ3v) is 7.14. The Hall–Kier alpha value is -3.94. The highest BCUT2D eigenvalue weighted by Gasteiger charge is 2.28. The fourth-order valence-electron chi connectivity index (χ4n) is 4.84. The molecule has 4 rings (SSSR count). The van der Waals surface area contributed by atoms with Crippen molar-refractivity contribution in [3.05, 3.63) is 112 Å². The predicted octanol–water partition coefficient (Wildman–Crippen LogP) is 6.90. The topological polar surface area (TPSA) is 79.7 Å². The van der Waals surface area contributed by atoms with E-state index in [1.165, 1.54) is 14.2 Å². The zero-order valence-electron chi connectivity index (χ0n) is 23.1. The standard InChI is InChI=1S/C32H33ClN2O5/c1-5-6-15-27-34-30(33)28(29(38-2)24-12-8-10-14-26(24)32(37)40-4)35(27)20-21-16-18-22(19-17-21)23-11-7-9-13-25(23)31(36)39-3/h7-14,16-19,29H,5-6,15,20H2,1-4H3. The van der Waals surface area contributed by atoms with Crippen LogP contribution >= 0.6 is 11.6 Å². The van der Waals surface area contributed by atoms with Crippen LogP contribution in [0.4, 0.5) is 0 Å². The van der Waals surface area contributed by atoms with E-state index in [0.717, 1.165) is 41.8 Å². The van der Waals surface area contributed by atoms with Gasteiger partial charge < -0.3 is 18.8 Å². The minimum Gasteiger partial charge on any atom is -0.465 e. The third kappa shape index (κ3) is 6.11. The Labute approximate surface area is 239 Å². The fraction of sp³-hybridized carbons (Fsp3) is 0.281. The minimum absolute atomic E-state index is 0.334. The van der Waals surface area contributed by atoms with Crippen molar-refractivity contribution >= 4 is 23.5 Å². The van der Waals surface area contributed by atoms with E-state index in [9.17, 15) is 9.59 Å². The van der Waals surface area contributed by atoms with E-state index in [4.69, 9.17) is 30.8 Å². The van der Waals surface area contributed by atoms with Gasteiger partial charge in [0.15, 0.2) is 5.15 Å². The van der Waals surface area contributed by atoms with Crippen LogP contribution in [-0.4, -0.2) is 42.8 Å². The van der Waals surface area contributed by atoms with Crippen molar-refractivity contribution in [2.45, 2.75) is 38.8 Å². The van der Waals surface area contributed by atoms with E-state index in [2.05, 4.69) is 11.5 Å². The van der Waals surface area contributed by atoms with Crippen molar-refractivity contribution < 1.29 is 23.8 Å². The molecular formula is C32H33ClN2O5. The maximum atomic E-state index is 12.6. The van der Waals surface area contributed by atoms with Crippen molar-refractivity contribution in [3.8, 4) is 11.1 Å². The number of hydrogen-bond donors (Lipinski definition) is 0. The Morgan fingerprint density at radius 1 is 0.875 bits per heavy atom. The molecule has 0 aliphatic heterocycles. The van der Waals surface area contributed by atoms with Crippen molar-refractivity contribution in [3.63, 3.8) is 0 Å². The van der Waals surface area contributed by atoms with Gasteiger partial charge in [0, 0.05) is 25.6 Å². The van der Waals surface area contributed by atoms with E-state index < -0.39 is 12.1 Å². The van der Waals surface area contributed by atoms with Crippen LogP contribution in [0.3, 0.4) is 0 Å². The number of aromatic nitrogens is 2. The Kier molecular flexibility index (Phi) is 9.74. The summed E-state index contributed by atoms with van der Waals surface area (Å²) >= 11 is 6.78. The Morgan fingerprint density at radius 2 is 1.50 bits per heavy atom. The Morgan fingerprint density at radius 3 is 2.15 bits per heavy atom. The fourth-order valence-corrected chi connectivity index (χ4v) is 5.13. The molecule has 0 saturated carbocycles. The van der Waals surface area contributed by atoms with Crippen LogP contribution in [0.5, 0.6) is 0 Å². The second-order valence-corrected chi connectivity index (χ2v) is 9.68. The molecule has 7 nitrogen and oxygen atoms in total. The molecule has 1 heterocycles. The van der Waals surface area contributed by atoms with Gasteiger partial charge in [-0.05, 0) is 35.2 Å². The SMILES string of the molecule is CCCCc1nc(Cl)c(C(OC)c2ccccc2C(=O)OC)n1Cc1ccc(-c2ccccc2C(=O)OC)cc1. The molecule has 3 aromatic carbocycles. The smallest absolute Gasteiger partial charge is 0.338 e. The lowest BCUT2D eigenvalue weighted by Gasteiger charge is -2.22. The molecular weight excluding hydrogens is 528 g/mol. The first kappa shape index (κ1) is 29.1. The van der Waals surface area contributed by atoms with Crippen LogP contribution in [-0.2, 0) is 27.2 Å². The number of halogens is 1. The summed E-state index contributed by atoms with van der Waals surface area (Å²) in [6.45, 7) is 2.62. The lowest BCUT2D eigenvalue weighted by atomic mass is 9.98. The highest BCUT2D eigenvalue weighted by molar-refractivity contribution is 6.30. The number of carbonyl (C=O) groups excluding carboxylic acids is 2. The maximum Gasteiger partial charge on any atom is 0.338 e. The summed E-state index contributed by atoms with van der Waals surface area (Å²) in [7, 11) is 4.32. The number of hydrogen-bond acceptors (Lipinski definition) is 6. The van der Waals surface area contributed by atoms with E-state index in [-0.39, 0.29) is 5.97 Å². The Bertz CT molecular complexity index is 1480. The molecule has 0 saturated heterocycles. The van der Waals surface area contributed by atoms with E-state index >= 15 is 0 Å². The van der Waals surface area contributed by atoms with Gasteiger partial charge >= 0.3 is 11.9 Å². The second kappa shape index (κ2) is 13.4. The molecule has 1 aromatic heterocycles. The largest absolute Gasteiger partial charge is 0.465 e. The molecule has 8 heteroatoms. The van der Waals surface area contributed by atoms with Gasteiger partial charge in [0.1, 0.15) is 11.9 Å². The Balaban J connectivity index is 1.75. The highest BCUT2D eigenvalue weighted by Crippen LogP contribution is 2.35. The van der Waals surface area contributed by atoms with E-state index in [0.29, 0.717) is 34.1 Å². The number of carbonyl (C=O) groups is 2. The monoisotopic (exact) mass is 560 g/mol. The summed E-state index contributed by atoms with van der Waals surface area (Å²) in [5, 5.41) is 0.334. The molecule has 0 radical (unpaired) electrons. The first-order chi connectivity index (χ1) is 19.4. The summed E-state index contributed by atoms with van der Waals surface area (Å²) in [6, 6.07) is 22.6. The van der Waals surface area contributed by atoms with Gasteiger partial charge in [0.25, 0.3) is 0 Å². The number of rotatable bonds is 11. The molecule has 4 aromatic rings. The van der Waals surface area contributed by atoms with Gasteiger partial charge in [-0.2, -0.15) is 0 Å². The van der Waals surface area contributed by atoms with Crippen molar-refractivity contribution in [2.75, 3.05) is 21.3 Å². The normalized spacial score (nSPS) is 11.7. The molecule has 0 aliphatic rings. The molecule has 0 amide bonds. The quantitative estimate of drug-likeness (QED) is 0.186. The van der Waals surface area contributed by atoms with Crippen LogP contribution in [0.25, 0.3) is 11.1 Å². The van der Waals surface area contributed by atoms with Crippen LogP contribution in [0, 0.1) is 0 Å². The molecule has 0 spiro atoms. The predicted molar refractivity (Wildman–Crippen MR) is 155 cm³/mol. The van der Waals surface area contributed by atoms with Gasteiger partial charge in [-0.15, -0.1) is 0 Å². The zero-order chi connectivity index (χ0) is 28.6. The van der Waals surface area contributed by atoms with Crippen LogP contribution < -0.4 is 0 Å². The number of nitrogens with zero attached hydrogens (tertiary/aromatic N) is 2. The number of aryl methyl sites for hydroxylation is 1. The van der Waals surface area contributed by atoms with E-state index in [1.54, 1.807) is 25.3 Å². The molecule has 40 heavy (non-hydrogen) atoms. The number of esters is 2. The van der Waals surface area contributed by atoms with Gasteiger partial charge in [-0.3, -0.25) is 0 Å². The zero-order valence-corrected chi connectivity index (χ0v) is 23.9. The van der Waals surface area contributed by atoms with Crippen LogP contribution in [0.15, 0.2) is 72.8 Å². The molecule has 0 bridgehead atoms. The summed E-state index contributed by atoms with van der Waals surface area (Å²) < 4.78 is 18.0. The number of ether oxygens (including phenoxy) is 3. The number of imidazole rings is 1. The second-order valence-electron chi connectivity index (χ2n) is 9.32. The number of methoxy groups -OCH3 is 3. The number of unbranched alkanes of at least 4 members (excludes halogenated alkanes) is 1. The van der Waals surface area contributed by atoms with Gasteiger partial charge in [-0.25, -0.2) is 14.6 Å². The van der Waals surface area contributed by atoms with Crippen LogP contribution in [0.1, 0.15) is 69.2 Å². The molecule has 0 aliphatic carbocycles. The minimum atomic E-state index is -0.642. The molecule has 208 valence electrons. The summed E-state index contributed by atoms with van der Waals surface area (Å²) in [5.74, 6) is 0.0178. The lowest BCUT2D eigenvalue weighted by molar-refractivity contribution is 0.0586. The summed E-state index contributed by atoms with van der Waals surface area (Å²) in [4.78, 5) is 29.6. The van der Waals surface area contributed by atoms with Gasteiger partial charge in [0.2, 0.25) is 0 Å². The highest BCUT2D eigenvalue weighted by atomic mass is 35.5. The van der Waals surface area contributed by atoms with Crippen molar-refractivity contribution in [1.82, 2.24) is 9.55 Å².